The molecule has 10 nitrogen and oxygen atoms in total. The number of nitrogens with one attached hydrogen (secondary N) is 3. The Labute approximate surface area is 171 Å². The number of amides is 5. The first-order valence-corrected chi connectivity index (χ1v) is 9.85. The van der Waals surface area contributed by atoms with Crippen LogP contribution in [0.5, 0.6) is 0 Å². The number of rotatable bonds is 9. The molecule has 0 spiro atoms. The second-order valence-electron chi connectivity index (χ2n) is 7.85. The van der Waals surface area contributed by atoms with Gasteiger partial charge in [-0.3, -0.25) is 24.0 Å². The van der Waals surface area contributed by atoms with Gasteiger partial charge in [0.2, 0.25) is 29.5 Å². The Morgan fingerprint density at radius 2 is 1.72 bits per heavy atom. The minimum absolute atomic E-state index is 0.136. The number of likely N-dealkylation sites (tertiary alicyclic amines) is 1. The van der Waals surface area contributed by atoms with Crippen molar-refractivity contribution in [3.8, 4) is 0 Å². The first-order chi connectivity index (χ1) is 13.5. The molecule has 0 aromatic carbocycles. The van der Waals surface area contributed by atoms with Gasteiger partial charge in [0.15, 0.2) is 0 Å². The molecule has 10 heteroatoms. The summed E-state index contributed by atoms with van der Waals surface area (Å²) in [6.07, 6.45) is 1.56. The number of likely N-dealkylation sites (N-methyl/N-ethyl adjacent to an activating group) is 1. The van der Waals surface area contributed by atoms with Gasteiger partial charge in [-0.1, -0.05) is 13.8 Å². The van der Waals surface area contributed by atoms with Crippen molar-refractivity contribution >= 4 is 29.5 Å². The van der Waals surface area contributed by atoms with E-state index in [-0.39, 0.29) is 36.7 Å². The van der Waals surface area contributed by atoms with Gasteiger partial charge >= 0.3 is 0 Å². The topological polar surface area (TPSA) is 128 Å². The van der Waals surface area contributed by atoms with Crippen LogP contribution in [0.25, 0.3) is 0 Å². The predicted octanol–water partition coefficient (Wildman–Crippen LogP) is -1.15. The monoisotopic (exact) mass is 411 g/mol. The highest BCUT2D eigenvalue weighted by molar-refractivity contribution is 5.94. The van der Waals surface area contributed by atoms with Crippen LogP contribution in [0.2, 0.25) is 0 Å². The Kier molecular flexibility index (Phi) is 9.57. The van der Waals surface area contributed by atoms with Crippen LogP contribution in [-0.4, -0.2) is 85.1 Å². The third-order valence-corrected chi connectivity index (χ3v) is 4.62. The van der Waals surface area contributed by atoms with E-state index < -0.39 is 23.9 Å². The van der Waals surface area contributed by atoms with E-state index in [0.29, 0.717) is 25.8 Å². The molecule has 1 heterocycles. The lowest BCUT2D eigenvalue weighted by Gasteiger charge is -2.27. The second kappa shape index (κ2) is 11.4. The van der Waals surface area contributed by atoms with E-state index in [1.54, 1.807) is 14.1 Å². The Balaban J connectivity index is 2.75. The van der Waals surface area contributed by atoms with E-state index in [2.05, 4.69) is 16.0 Å². The highest BCUT2D eigenvalue weighted by Gasteiger charge is 2.35. The summed E-state index contributed by atoms with van der Waals surface area (Å²) in [5.41, 5.74) is 0. The number of carbonyl (C=O) groups is 5. The molecule has 164 valence electrons. The molecular formula is C19H33N5O5. The average molecular weight is 412 g/mol. The molecule has 1 fully saturated rings. The van der Waals surface area contributed by atoms with Crippen LogP contribution in [0, 0.1) is 5.92 Å². The molecule has 1 aliphatic rings. The molecule has 0 radical (unpaired) electrons. The summed E-state index contributed by atoms with van der Waals surface area (Å²) in [6.45, 7) is 5.28. The summed E-state index contributed by atoms with van der Waals surface area (Å²) >= 11 is 0. The summed E-state index contributed by atoms with van der Waals surface area (Å²) in [5, 5.41) is 7.74. The van der Waals surface area contributed by atoms with Crippen molar-refractivity contribution in [3.63, 3.8) is 0 Å². The molecule has 5 amide bonds. The summed E-state index contributed by atoms with van der Waals surface area (Å²) in [4.78, 5) is 63.2. The van der Waals surface area contributed by atoms with Gasteiger partial charge < -0.3 is 25.8 Å². The Morgan fingerprint density at radius 3 is 2.28 bits per heavy atom. The number of carbonyl (C=O) groups excluding carboxylic acids is 5. The molecule has 0 aliphatic carbocycles. The van der Waals surface area contributed by atoms with E-state index in [4.69, 9.17) is 0 Å². The minimum atomic E-state index is -0.801. The molecular weight excluding hydrogens is 378 g/mol. The maximum Gasteiger partial charge on any atom is 0.243 e. The van der Waals surface area contributed by atoms with Crippen LogP contribution in [0.4, 0.5) is 0 Å². The van der Waals surface area contributed by atoms with Crippen LogP contribution < -0.4 is 16.0 Å². The SMILES string of the molecule is CC(=O)NCC(=O)N1CCC[C@H]1C(=O)N[C@@H](CC(C)C)C(=O)NCC(=O)N(C)C. The second-order valence-corrected chi connectivity index (χ2v) is 7.85. The Hall–Kier alpha value is -2.65. The predicted molar refractivity (Wildman–Crippen MR) is 107 cm³/mol. The van der Waals surface area contributed by atoms with Crippen LogP contribution in [-0.2, 0) is 24.0 Å². The first-order valence-electron chi connectivity index (χ1n) is 9.85. The molecule has 1 rings (SSSR count). The van der Waals surface area contributed by atoms with E-state index in [1.807, 2.05) is 13.8 Å². The molecule has 1 aliphatic heterocycles. The lowest BCUT2D eigenvalue weighted by Crippen LogP contribution is -2.55. The van der Waals surface area contributed by atoms with Gasteiger partial charge in [-0.25, -0.2) is 0 Å². The van der Waals surface area contributed by atoms with E-state index in [9.17, 15) is 24.0 Å². The zero-order valence-electron chi connectivity index (χ0n) is 17.9. The molecule has 0 bridgehead atoms. The summed E-state index contributed by atoms with van der Waals surface area (Å²) in [5.74, 6) is -1.61. The normalized spacial score (nSPS) is 16.9. The molecule has 0 saturated carbocycles. The van der Waals surface area contributed by atoms with Crippen molar-refractivity contribution in [2.75, 3.05) is 33.7 Å². The highest BCUT2D eigenvalue weighted by atomic mass is 16.2. The highest BCUT2D eigenvalue weighted by Crippen LogP contribution is 2.18. The van der Waals surface area contributed by atoms with Crippen molar-refractivity contribution in [3.05, 3.63) is 0 Å². The Bertz CT molecular complexity index is 634. The van der Waals surface area contributed by atoms with Gasteiger partial charge in [-0.15, -0.1) is 0 Å². The molecule has 0 unspecified atom stereocenters. The maximum absolute atomic E-state index is 12.8. The average Bonchev–Trinajstić information content (AvgIpc) is 3.12. The van der Waals surface area contributed by atoms with Crippen LogP contribution in [0.15, 0.2) is 0 Å². The van der Waals surface area contributed by atoms with Gasteiger partial charge in [0.1, 0.15) is 12.1 Å². The zero-order chi connectivity index (χ0) is 22.1. The molecule has 0 aromatic heterocycles. The van der Waals surface area contributed by atoms with Gasteiger partial charge in [0.25, 0.3) is 0 Å². The van der Waals surface area contributed by atoms with Gasteiger partial charge in [0.05, 0.1) is 13.1 Å². The maximum atomic E-state index is 12.8. The number of hydrogen-bond acceptors (Lipinski definition) is 5. The summed E-state index contributed by atoms with van der Waals surface area (Å²) < 4.78 is 0. The molecule has 3 N–H and O–H groups in total. The van der Waals surface area contributed by atoms with E-state index in [0.717, 1.165) is 0 Å². The van der Waals surface area contributed by atoms with Gasteiger partial charge in [-0.05, 0) is 25.2 Å². The lowest BCUT2D eigenvalue weighted by molar-refractivity contribution is -0.139. The van der Waals surface area contributed by atoms with Crippen LogP contribution >= 0.6 is 0 Å². The first kappa shape index (κ1) is 24.4. The van der Waals surface area contributed by atoms with Crippen molar-refractivity contribution in [2.24, 2.45) is 5.92 Å². The smallest absolute Gasteiger partial charge is 0.243 e. The van der Waals surface area contributed by atoms with Crippen molar-refractivity contribution < 1.29 is 24.0 Å². The fourth-order valence-corrected chi connectivity index (χ4v) is 3.05. The standard InChI is InChI=1S/C19H33N5O5/c1-12(2)9-14(18(28)21-10-16(26)23(4)5)22-19(29)15-7-6-8-24(15)17(27)11-20-13(3)25/h12,14-15H,6-11H2,1-5H3,(H,20,25)(H,21,28)(H,22,29)/t14-,15-/m0/s1. The van der Waals surface area contributed by atoms with Gasteiger partial charge in [-0.2, -0.15) is 0 Å². The van der Waals surface area contributed by atoms with Gasteiger partial charge in [0, 0.05) is 27.6 Å². The Morgan fingerprint density at radius 1 is 1.07 bits per heavy atom. The minimum Gasteiger partial charge on any atom is -0.347 e. The lowest BCUT2D eigenvalue weighted by atomic mass is 10.0. The number of nitrogens with zero attached hydrogens (tertiary/aromatic N) is 2. The zero-order valence-corrected chi connectivity index (χ0v) is 17.9. The van der Waals surface area contributed by atoms with Crippen LogP contribution in [0.1, 0.15) is 40.0 Å². The largest absolute Gasteiger partial charge is 0.347 e. The van der Waals surface area contributed by atoms with Crippen molar-refractivity contribution in [2.45, 2.75) is 52.1 Å². The van der Waals surface area contributed by atoms with Crippen molar-refractivity contribution in [1.82, 2.24) is 25.8 Å². The fraction of sp³-hybridized carbons (Fsp3) is 0.737. The third kappa shape index (κ3) is 8.08. The molecule has 29 heavy (non-hydrogen) atoms. The summed E-state index contributed by atoms with van der Waals surface area (Å²) in [7, 11) is 3.18. The third-order valence-electron chi connectivity index (χ3n) is 4.62. The number of hydrogen-bond donors (Lipinski definition) is 3. The van der Waals surface area contributed by atoms with Crippen molar-refractivity contribution in [1.29, 1.82) is 0 Å². The van der Waals surface area contributed by atoms with E-state index >= 15 is 0 Å². The molecule has 1 saturated heterocycles. The fourth-order valence-electron chi connectivity index (χ4n) is 3.05. The molecule has 0 aromatic rings. The summed E-state index contributed by atoms with van der Waals surface area (Å²) in [6, 6.07) is -1.48. The molecule has 2 atom stereocenters. The van der Waals surface area contributed by atoms with Crippen LogP contribution in [0.3, 0.4) is 0 Å². The van der Waals surface area contributed by atoms with E-state index in [1.165, 1.54) is 16.7 Å². The quantitative estimate of drug-likeness (QED) is 0.441.